The molecule has 0 aromatic carbocycles. The molecule has 0 spiro atoms. The van der Waals surface area contributed by atoms with Crippen LogP contribution in [0.4, 0.5) is 5.82 Å². The number of aliphatic hydroxyl groups excluding tert-OH is 1. The van der Waals surface area contributed by atoms with Gasteiger partial charge in [-0.2, -0.15) is 11.8 Å². The standard InChI is InChI=1S/C15H19N3OS2/c19-5-6-20-10-11-3-4-16-14(7-11)17-8-13-9-18-15(21-13)12-1-2-12/h3-4,7,9,12,19H,1-2,5-6,8,10H2,(H,16,17). The van der Waals surface area contributed by atoms with Gasteiger partial charge in [-0.15, -0.1) is 11.3 Å². The van der Waals surface area contributed by atoms with Crippen molar-refractivity contribution in [3.8, 4) is 0 Å². The van der Waals surface area contributed by atoms with E-state index in [9.17, 15) is 0 Å². The van der Waals surface area contributed by atoms with Gasteiger partial charge in [0, 0.05) is 34.7 Å². The molecule has 2 aromatic rings. The summed E-state index contributed by atoms with van der Waals surface area (Å²) >= 11 is 3.54. The third-order valence-electron chi connectivity index (χ3n) is 3.27. The third-order valence-corrected chi connectivity index (χ3v) is 5.44. The molecule has 2 N–H and O–H groups in total. The number of nitrogens with zero attached hydrogens (tertiary/aromatic N) is 2. The van der Waals surface area contributed by atoms with Gasteiger partial charge in [0.2, 0.25) is 0 Å². The Hall–Kier alpha value is -1.11. The molecule has 0 bridgehead atoms. The second kappa shape index (κ2) is 7.24. The van der Waals surface area contributed by atoms with E-state index in [2.05, 4.69) is 21.4 Å². The van der Waals surface area contributed by atoms with E-state index in [4.69, 9.17) is 5.11 Å². The Morgan fingerprint density at radius 3 is 3.10 bits per heavy atom. The highest BCUT2D eigenvalue weighted by Gasteiger charge is 2.26. The first-order valence-electron chi connectivity index (χ1n) is 7.17. The van der Waals surface area contributed by atoms with Crippen molar-refractivity contribution in [2.45, 2.75) is 31.1 Å². The van der Waals surface area contributed by atoms with E-state index in [1.54, 1.807) is 11.8 Å². The van der Waals surface area contributed by atoms with Gasteiger partial charge in [-0.25, -0.2) is 9.97 Å². The first-order valence-corrected chi connectivity index (χ1v) is 9.14. The predicted molar refractivity (Wildman–Crippen MR) is 88.9 cm³/mol. The summed E-state index contributed by atoms with van der Waals surface area (Å²) < 4.78 is 0. The molecule has 0 unspecified atom stereocenters. The number of pyridine rings is 1. The highest BCUT2D eigenvalue weighted by molar-refractivity contribution is 7.98. The fraction of sp³-hybridized carbons (Fsp3) is 0.467. The number of nitrogens with one attached hydrogen (secondary N) is 1. The summed E-state index contributed by atoms with van der Waals surface area (Å²) in [5.41, 5.74) is 1.23. The zero-order chi connectivity index (χ0) is 14.5. The lowest BCUT2D eigenvalue weighted by Crippen LogP contribution is -2.00. The molecule has 0 aliphatic heterocycles. The minimum Gasteiger partial charge on any atom is -0.396 e. The molecule has 6 heteroatoms. The first-order chi connectivity index (χ1) is 10.3. The van der Waals surface area contributed by atoms with Crippen LogP contribution >= 0.6 is 23.1 Å². The normalized spacial score (nSPS) is 14.3. The van der Waals surface area contributed by atoms with Crippen LogP contribution < -0.4 is 5.32 Å². The van der Waals surface area contributed by atoms with E-state index in [0.29, 0.717) is 0 Å². The van der Waals surface area contributed by atoms with Crippen LogP contribution in [0.1, 0.15) is 34.2 Å². The van der Waals surface area contributed by atoms with Crippen molar-refractivity contribution in [2.24, 2.45) is 0 Å². The van der Waals surface area contributed by atoms with E-state index >= 15 is 0 Å². The van der Waals surface area contributed by atoms with Crippen LogP contribution in [0, 0.1) is 0 Å². The van der Waals surface area contributed by atoms with Crippen LogP contribution in [0.2, 0.25) is 0 Å². The summed E-state index contributed by atoms with van der Waals surface area (Å²) in [7, 11) is 0. The van der Waals surface area contributed by atoms with Gasteiger partial charge in [-0.05, 0) is 30.5 Å². The summed E-state index contributed by atoms with van der Waals surface area (Å²) in [6, 6.07) is 4.10. The van der Waals surface area contributed by atoms with Gasteiger partial charge >= 0.3 is 0 Å². The summed E-state index contributed by atoms with van der Waals surface area (Å²) in [4.78, 5) is 10.1. The lowest BCUT2D eigenvalue weighted by atomic mass is 10.3. The van der Waals surface area contributed by atoms with Crippen molar-refractivity contribution in [3.05, 3.63) is 40.0 Å². The van der Waals surface area contributed by atoms with Crippen molar-refractivity contribution in [3.63, 3.8) is 0 Å². The van der Waals surface area contributed by atoms with Crippen LogP contribution in [0.3, 0.4) is 0 Å². The number of aliphatic hydroxyl groups is 1. The Kier molecular flexibility index (Phi) is 5.11. The highest BCUT2D eigenvalue weighted by Crippen LogP contribution is 2.41. The lowest BCUT2D eigenvalue weighted by molar-refractivity contribution is 0.322. The average molecular weight is 321 g/mol. The monoisotopic (exact) mass is 321 g/mol. The molecule has 3 rings (SSSR count). The Balaban J connectivity index is 1.52. The lowest BCUT2D eigenvalue weighted by Gasteiger charge is -2.06. The second-order valence-electron chi connectivity index (χ2n) is 5.12. The Morgan fingerprint density at radius 2 is 2.29 bits per heavy atom. The van der Waals surface area contributed by atoms with Gasteiger partial charge in [0.25, 0.3) is 0 Å². The molecular formula is C15H19N3OS2. The molecule has 21 heavy (non-hydrogen) atoms. The van der Waals surface area contributed by atoms with Gasteiger partial charge in [0.05, 0.1) is 18.2 Å². The van der Waals surface area contributed by atoms with E-state index in [1.807, 2.05) is 29.8 Å². The largest absolute Gasteiger partial charge is 0.396 e. The van der Waals surface area contributed by atoms with Crippen LogP contribution in [0.25, 0.3) is 0 Å². The second-order valence-corrected chi connectivity index (χ2v) is 7.37. The zero-order valence-electron chi connectivity index (χ0n) is 11.8. The maximum absolute atomic E-state index is 8.80. The van der Waals surface area contributed by atoms with Crippen molar-refractivity contribution < 1.29 is 5.11 Å². The van der Waals surface area contributed by atoms with Gasteiger partial charge < -0.3 is 10.4 Å². The Bertz CT molecular complexity index is 584. The molecule has 2 aromatic heterocycles. The molecule has 0 atom stereocenters. The van der Waals surface area contributed by atoms with Gasteiger partial charge in [-0.1, -0.05) is 0 Å². The number of aromatic nitrogens is 2. The van der Waals surface area contributed by atoms with Crippen LogP contribution in [-0.4, -0.2) is 27.4 Å². The number of thiazole rings is 1. The summed E-state index contributed by atoms with van der Waals surface area (Å²) in [5, 5.41) is 13.5. The van der Waals surface area contributed by atoms with E-state index in [1.165, 1.54) is 28.3 Å². The fourth-order valence-corrected chi connectivity index (χ4v) is 3.73. The first kappa shape index (κ1) is 14.8. The van der Waals surface area contributed by atoms with Crippen molar-refractivity contribution >= 4 is 28.9 Å². The van der Waals surface area contributed by atoms with Crippen LogP contribution in [0.15, 0.2) is 24.5 Å². The quantitative estimate of drug-likeness (QED) is 0.731. The van der Waals surface area contributed by atoms with E-state index < -0.39 is 0 Å². The van der Waals surface area contributed by atoms with E-state index in [0.717, 1.165) is 29.8 Å². The summed E-state index contributed by atoms with van der Waals surface area (Å²) in [5.74, 6) is 3.31. The molecule has 1 aliphatic carbocycles. The van der Waals surface area contributed by atoms with Crippen molar-refractivity contribution in [2.75, 3.05) is 17.7 Å². The highest BCUT2D eigenvalue weighted by atomic mass is 32.2. The molecule has 2 heterocycles. The smallest absolute Gasteiger partial charge is 0.126 e. The number of anilines is 1. The predicted octanol–water partition coefficient (Wildman–Crippen LogP) is 3.25. The number of thioether (sulfide) groups is 1. The molecule has 1 aliphatic rings. The molecule has 112 valence electrons. The van der Waals surface area contributed by atoms with Crippen LogP contribution in [0.5, 0.6) is 0 Å². The maximum Gasteiger partial charge on any atom is 0.126 e. The number of hydrogen-bond donors (Lipinski definition) is 2. The molecule has 4 nitrogen and oxygen atoms in total. The fourth-order valence-electron chi connectivity index (χ4n) is 2.02. The van der Waals surface area contributed by atoms with E-state index in [-0.39, 0.29) is 6.61 Å². The summed E-state index contributed by atoms with van der Waals surface area (Å²) in [6.07, 6.45) is 6.41. The molecule has 0 radical (unpaired) electrons. The Morgan fingerprint density at radius 1 is 1.38 bits per heavy atom. The van der Waals surface area contributed by atoms with Crippen molar-refractivity contribution in [1.29, 1.82) is 0 Å². The number of hydrogen-bond acceptors (Lipinski definition) is 6. The molecule has 0 saturated heterocycles. The van der Waals surface area contributed by atoms with Crippen LogP contribution in [-0.2, 0) is 12.3 Å². The SMILES string of the molecule is OCCSCc1ccnc(NCc2cnc(C3CC3)s2)c1. The minimum absolute atomic E-state index is 0.232. The van der Waals surface area contributed by atoms with Gasteiger partial charge in [0.1, 0.15) is 5.82 Å². The minimum atomic E-state index is 0.232. The number of rotatable bonds is 8. The average Bonchev–Trinajstić information content (AvgIpc) is 3.25. The van der Waals surface area contributed by atoms with Crippen molar-refractivity contribution in [1.82, 2.24) is 9.97 Å². The molecular weight excluding hydrogens is 302 g/mol. The van der Waals surface area contributed by atoms with Gasteiger partial charge in [0.15, 0.2) is 0 Å². The zero-order valence-corrected chi connectivity index (χ0v) is 13.4. The molecule has 1 saturated carbocycles. The molecule has 1 fully saturated rings. The maximum atomic E-state index is 8.80. The molecule has 0 amide bonds. The summed E-state index contributed by atoms with van der Waals surface area (Å²) in [6.45, 7) is 1.01. The third kappa shape index (κ3) is 4.43. The Labute approximate surface area is 133 Å². The topological polar surface area (TPSA) is 58.0 Å². The van der Waals surface area contributed by atoms with Gasteiger partial charge in [-0.3, -0.25) is 0 Å².